The van der Waals surface area contributed by atoms with Crippen LogP contribution in [0.4, 0.5) is 5.69 Å². The standard InChI is InChI=1S/C20H19ClN2O3S/c1-12-17(19(24)26-3)18(13-7-9-14(21)10-8-13)22-20(27)23(12)15-5-4-6-16(11-15)25-2/h4-11,18H,1-3H3,(H,22,27)/t18-/m1/s1. The van der Waals surface area contributed by atoms with Crippen molar-refractivity contribution in [2.24, 2.45) is 0 Å². The predicted octanol–water partition coefficient (Wildman–Crippen LogP) is 4.23. The lowest BCUT2D eigenvalue weighted by Crippen LogP contribution is -2.48. The Morgan fingerprint density at radius 3 is 2.52 bits per heavy atom. The molecule has 1 N–H and O–H groups in total. The number of halogens is 1. The van der Waals surface area contributed by atoms with Gasteiger partial charge in [0.05, 0.1) is 31.5 Å². The molecule has 5 nitrogen and oxygen atoms in total. The molecule has 2 aromatic rings. The molecule has 1 atom stereocenters. The van der Waals surface area contributed by atoms with Gasteiger partial charge in [0.25, 0.3) is 0 Å². The maximum absolute atomic E-state index is 12.6. The molecule has 0 bridgehead atoms. The van der Waals surface area contributed by atoms with E-state index in [4.69, 9.17) is 33.3 Å². The van der Waals surface area contributed by atoms with Crippen molar-refractivity contribution in [1.29, 1.82) is 0 Å². The van der Waals surface area contributed by atoms with Crippen LogP contribution >= 0.6 is 23.8 Å². The molecule has 0 radical (unpaired) electrons. The Bertz CT molecular complexity index is 912. The number of anilines is 1. The molecule has 0 aliphatic carbocycles. The Hall–Kier alpha value is -2.57. The lowest BCUT2D eigenvalue weighted by atomic mass is 9.95. The zero-order chi connectivity index (χ0) is 19.6. The zero-order valence-electron chi connectivity index (χ0n) is 15.2. The SMILES string of the molecule is COC(=O)C1=C(C)N(c2cccc(OC)c2)C(=S)N[C@@H]1c1ccc(Cl)cc1. The monoisotopic (exact) mass is 402 g/mol. The highest BCUT2D eigenvalue weighted by Crippen LogP contribution is 2.35. The molecule has 27 heavy (non-hydrogen) atoms. The van der Waals surface area contributed by atoms with Crippen LogP contribution in [0, 0.1) is 0 Å². The number of methoxy groups -OCH3 is 2. The summed E-state index contributed by atoms with van der Waals surface area (Å²) in [5, 5.41) is 4.35. The third-order valence-electron chi connectivity index (χ3n) is 4.40. The van der Waals surface area contributed by atoms with Crippen molar-refractivity contribution in [3.63, 3.8) is 0 Å². The van der Waals surface area contributed by atoms with E-state index in [9.17, 15) is 4.79 Å². The molecule has 0 fully saturated rings. The molecular weight excluding hydrogens is 384 g/mol. The summed E-state index contributed by atoms with van der Waals surface area (Å²) in [7, 11) is 2.97. The molecule has 0 saturated heterocycles. The van der Waals surface area contributed by atoms with Gasteiger partial charge in [-0.15, -0.1) is 0 Å². The molecule has 0 aromatic heterocycles. The molecule has 2 aromatic carbocycles. The molecule has 0 unspecified atom stereocenters. The highest BCUT2D eigenvalue weighted by atomic mass is 35.5. The van der Waals surface area contributed by atoms with Crippen LogP contribution in [0.25, 0.3) is 0 Å². The van der Waals surface area contributed by atoms with Gasteiger partial charge in [0, 0.05) is 16.8 Å². The molecule has 3 rings (SSSR count). The molecular formula is C20H19ClN2O3S. The highest BCUT2D eigenvalue weighted by molar-refractivity contribution is 7.80. The van der Waals surface area contributed by atoms with Crippen LogP contribution in [0.2, 0.25) is 5.02 Å². The van der Waals surface area contributed by atoms with Crippen LogP contribution in [0.3, 0.4) is 0 Å². The largest absolute Gasteiger partial charge is 0.497 e. The Balaban J connectivity index is 2.12. The quantitative estimate of drug-likeness (QED) is 0.610. The number of allylic oxidation sites excluding steroid dienone is 1. The van der Waals surface area contributed by atoms with Crippen molar-refractivity contribution in [3.05, 3.63) is 70.4 Å². The maximum atomic E-state index is 12.6. The summed E-state index contributed by atoms with van der Waals surface area (Å²) in [4.78, 5) is 14.4. The van der Waals surface area contributed by atoms with Crippen LogP contribution in [0.15, 0.2) is 59.8 Å². The molecule has 7 heteroatoms. The number of hydrogen-bond acceptors (Lipinski definition) is 4. The summed E-state index contributed by atoms with van der Waals surface area (Å²) in [6.07, 6.45) is 0. The van der Waals surface area contributed by atoms with Gasteiger partial charge in [0.15, 0.2) is 5.11 Å². The second-order valence-electron chi connectivity index (χ2n) is 5.96. The summed E-state index contributed by atoms with van der Waals surface area (Å²) in [5.74, 6) is 0.276. The Labute approximate surface area is 168 Å². The lowest BCUT2D eigenvalue weighted by Gasteiger charge is -2.37. The Morgan fingerprint density at radius 2 is 1.89 bits per heavy atom. The van der Waals surface area contributed by atoms with Crippen molar-refractivity contribution in [2.45, 2.75) is 13.0 Å². The number of rotatable bonds is 4. The molecule has 1 aliphatic heterocycles. The number of hydrogen-bond donors (Lipinski definition) is 1. The summed E-state index contributed by atoms with van der Waals surface area (Å²) >= 11 is 11.6. The summed E-state index contributed by atoms with van der Waals surface area (Å²) in [5.41, 5.74) is 2.84. The maximum Gasteiger partial charge on any atom is 0.337 e. The van der Waals surface area contributed by atoms with E-state index in [0.717, 1.165) is 11.3 Å². The van der Waals surface area contributed by atoms with Gasteiger partial charge in [-0.25, -0.2) is 4.79 Å². The number of esters is 1. The molecule has 0 saturated carbocycles. The number of benzene rings is 2. The third-order valence-corrected chi connectivity index (χ3v) is 4.96. The minimum Gasteiger partial charge on any atom is -0.497 e. The van der Waals surface area contributed by atoms with Gasteiger partial charge in [-0.05, 0) is 49.0 Å². The summed E-state index contributed by atoms with van der Waals surface area (Å²) in [6, 6.07) is 14.3. The summed E-state index contributed by atoms with van der Waals surface area (Å²) < 4.78 is 10.3. The first kappa shape index (κ1) is 19.2. The smallest absolute Gasteiger partial charge is 0.337 e. The van der Waals surface area contributed by atoms with Crippen LogP contribution in [0.1, 0.15) is 18.5 Å². The predicted molar refractivity (Wildman–Crippen MR) is 110 cm³/mol. The third kappa shape index (κ3) is 3.77. The molecule has 0 spiro atoms. The number of nitrogens with one attached hydrogen (secondary N) is 1. The van der Waals surface area contributed by atoms with Crippen LogP contribution in [-0.2, 0) is 9.53 Å². The second-order valence-corrected chi connectivity index (χ2v) is 6.78. The van der Waals surface area contributed by atoms with E-state index in [-0.39, 0.29) is 0 Å². The first-order chi connectivity index (χ1) is 13.0. The van der Waals surface area contributed by atoms with Gasteiger partial charge in [-0.3, -0.25) is 4.90 Å². The van der Waals surface area contributed by atoms with Gasteiger partial charge in [-0.2, -0.15) is 0 Å². The van der Waals surface area contributed by atoms with E-state index >= 15 is 0 Å². The van der Waals surface area contributed by atoms with Crippen LogP contribution in [-0.4, -0.2) is 25.3 Å². The first-order valence-corrected chi connectivity index (χ1v) is 9.04. The van der Waals surface area contributed by atoms with E-state index in [1.807, 2.05) is 43.3 Å². The lowest BCUT2D eigenvalue weighted by molar-refractivity contribution is -0.136. The van der Waals surface area contributed by atoms with Gasteiger partial charge >= 0.3 is 5.97 Å². The number of carbonyl (C=O) groups excluding carboxylic acids is 1. The van der Waals surface area contributed by atoms with Crippen LogP contribution < -0.4 is 15.0 Å². The van der Waals surface area contributed by atoms with Crippen molar-refractivity contribution < 1.29 is 14.3 Å². The topological polar surface area (TPSA) is 50.8 Å². The minimum absolute atomic E-state index is 0.421. The number of nitrogens with zero attached hydrogens (tertiary/aromatic N) is 1. The van der Waals surface area contributed by atoms with E-state index in [1.165, 1.54) is 7.11 Å². The van der Waals surface area contributed by atoms with E-state index in [0.29, 0.717) is 27.2 Å². The Morgan fingerprint density at radius 1 is 1.19 bits per heavy atom. The zero-order valence-corrected chi connectivity index (χ0v) is 16.7. The molecule has 0 amide bonds. The van der Waals surface area contributed by atoms with Crippen molar-refractivity contribution in [2.75, 3.05) is 19.1 Å². The fourth-order valence-electron chi connectivity index (χ4n) is 3.08. The van der Waals surface area contributed by atoms with Crippen LogP contribution in [0.5, 0.6) is 5.75 Å². The number of thiocarbonyl (C=S) groups is 1. The number of ether oxygens (including phenoxy) is 2. The van der Waals surface area contributed by atoms with Gasteiger partial charge in [0.2, 0.25) is 0 Å². The minimum atomic E-state index is -0.427. The van der Waals surface area contributed by atoms with Gasteiger partial charge in [-0.1, -0.05) is 29.8 Å². The second kappa shape index (κ2) is 7.98. The van der Waals surface area contributed by atoms with Gasteiger partial charge in [0.1, 0.15) is 5.75 Å². The fourth-order valence-corrected chi connectivity index (χ4v) is 3.57. The first-order valence-electron chi connectivity index (χ1n) is 8.25. The molecule has 1 aliphatic rings. The molecule has 140 valence electrons. The van der Waals surface area contributed by atoms with Crippen molar-refractivity contribution in [1.82, 2.24) is 5.32 Å². The number of carbonyl (C=O) groups is 1. The fraction of sp³-hybridized carbons (Fsp3) is 0.200. The summed E-state index contributed by atoms with van der Waals surface area (Å²) in [6.45, 7) is 1.85. The van der Waals surface area contributed by atoms with E-state index < -0.39 is 12.0 Å². The molecule has 1 heterocycles. The van der Waals surface area contributed by atoms with Crippen molar-refractivity contribution >= 4 is 40.6 Å². The van der Waals surface area contributed by atoms with E-state index in [1.54, 1.807) is 24.1 Å². The van der Waals surface area contributed by atoms with Gasteiger partial charge < -0.3 is 14.8 Å². The van der Waals surface area contributed by atoms with Crippen molar-refractivity contribution in [3.8, 4) is 5.75 Å². The van der Waals surface area contributed by atoms with E-state index in [2.05, 4.69) is 5.32 Å². The highest BCUT2D eigenvalue weighted by Gasteiger charge is 2.35. The Kier molecular flexibility index (Phi) is 5.68. The average Bonchev–Trinajstić information content (AvgIpc) is 2.68. The normalized spacial score (nSPS) is 16.8. The average molecular weight is 403 g/mol.